The Bertz CT molecular complexity index is 655. The molecule has 0 heterocycles. The third-order valence-electron chi connectivity index (χ3n) is 3.16. The monoisotopic (exact) mass is 262 g/mol. The van der Waals surface area contributed by atoms with Gasteiger partial charge in [0.2, 0.25) is 0 Å². The number of aromatic hydroxyl groups is 1. The van der Waals surface area contributed by atoms with Gasteiger partial charge in [-0.3, -0.25) is 0 Å². The number of azo groups is 1. The van der Waals surface area contributed by atoms with Gasteiger partial charge >= 0.3 is 0 Å². The Balaban J connectivity index is 1.73. The fourth-order valence-corrected chi connectivity index (χ4v) is 2.05. The summed E-state index contributed by atoms with van der Waals surface area (Å²) < 4.78 is 0. The topological polar surface area (TPSA) is 45.0 Å². The molecule has 0 aliphatic heterocycles. The molecule has 0 spiro atoms. The van der Waals surface area contributed by atoms with Crippen molar-refractivity contribution in [2.24, 2.45) is 10.2 Å². The van der Waals surface area contributed by atoms with Crippen LogP contribution in [0.1, 0.15) is 11.5 Å². The quantitative estimate of drug-likeness (QED) is 0.776. The van der Waals surface area contributed by atoms with Crippen molar-refractivity contribution in [3.05, 3.63) is 78.4 Å². The van der Waals surface area contributed by atoms with Crippen molar-refractivity contribution in [2.45, 2.75) is 5.92 Å². The molecule has 0 aromatic heterocycles. The van der Waals surface area contributed by atoms with E-state index in [1.165, 1.54) is 5.56 Å². The molecule has 0 saturated carbocycles. The highest BCUT2D eigenvalue weighted by atomic mass is 16.3. The van der Waals surface area contributed by atoms with Crippen molar-refractivity contribution < 1.29 is 5.11 Å². The lowest BCUT2D eigenvalue weighted by Gasteiger charge is -2.05. The average molecular weight is 262 g/mol. The average Bonchev–Trinajstić information content (AvgIpc) is 3.01. The number of rotatable bonds is 3. The number of phenolic OH excluding ortho intramolecular Hbond substituents is 1. The van der Waals surface area contributed by atoms with Gasteiger partial charge in [0.1, 0.15) is 5.75 Å². The number of nitrogens with zero attached hydrogens (tertiary/aromatic N) is 2. The van der Waals surface area contributed by atoms with E-state index in [1.54, 1.807) is 24.3 Å². The van der Waals surface area contributed by atoms with Crippen molar-refractivity contribution >= 4 is 11.4 Å². The Kier molecular flexibility index (Phi) is 3.42. The second kappa shape index (κ2) is 5.53. The maximum absolute atomic E-state index is 9.19. The molecule has 1 aliphatic carbocycles. The zero-order chi connectivity index (χ0) is 13.8. The Morgan fingerprint density at radius 2 is 1.20 bits per heavy atom. The summed E-state index contributed by atoms with van der Waals surface area (Å²) in [5.74, 6) is 0.601. The Morgan fingerprint density at radius 3 is 1.75 bits per heavy atom. The second-order valence-corrected chi connectivity index (χ2v) is 4.60. The summed E-state index contributed by atoms with van der Waals surface area (Å²) in [7, 11) is 0. The largest absolute Gasteiger partial charge is 0.508 e. The second-order valence-electron chi connectivity index (χ2n) is 4.60. The van der Waals surface area contributed by atoms with Crippen molar-refractivity contribution in [2.75, 3.05) is 0 Å². The molecule has 0 unspecified atom stereocenters. The van der Waals surface area contributed by atoms with Crippen LogP contribution in [0.2, 0.25) is 0 Å². The van der Waals surface area contributed by atoms with E-state index in [4.69, 9.17) is 0 Å². The third kappa shape index (κ3) is 2.83. The van der Waals surface area contributed by atoms with Crippen LogP contribution in [0, 0.1) is 0 Å². The highest BCUT2D eigenvalue weighted by Gasteiger charge is 2.06. The van der Waals surface area contributed by atoms with Crippen LogP contribution in [-0.4, -0.2) is 5.11 Å². The molecule has 0 fully saturated rings. The number of hydrogen-bond acceptors (Lipinski definition) is 3. The van der Waals surface area contributed by atoms with Crippen LogP contribution in [-0.2, 0) is 0 Å². The van der Waals surface area contributed by atoms with Gasteiger partial charge in [0.05, 0.1) is 11.4 Å². The van der Waals surface area contributed by atoms with Crippen molar-refractivity contribution in [3.8, 4) is 5.75 Å². The minimum atomic E-state index is 0.228. The molecule has 20 heavy (non-hydrogen) atoms. The molecule has 3 rings (SSSR count). The highest BCUT2D eigenvalue weighted by Crippen LogP contribution is 2.26. The van der Waals surface area contributed by atoms with Crippen molar-refractivity contribution in [1.29, 1.82) is 0 Å². The van der Waals surface area contributed by atoms with Crippen LogP contribution < -0.4 is 0 Å². The summed E-state index contributed by atoms with van der Waals surface area (Å²) in [6.45, 7) is 0. The van der Waals surface area contributed by atoms with Crippen LogP contribution in [0.3, 0.4) is 0 Å². The number of benzene rings is 2. The molecule has 0 amide bonds. The molecule has 0 atom stereocenters. The Labute approximate surface area is 117 Å². The van der Waals surface area contributed by atoms with Gasteiger partial charge in [-0.05, 0) is 42.0 Å². The maximum Gasteiger partial charge on any atom is 0.115 e. The first kappa shape index (κ1) is 12.4. The summed E-state index contributed by atoms with van der Waals surface area (Å²) in [5, 5.41) is 17.5. The van der Waals surface area contributed by atoms with E-state index in [2.05, 4.69) is 46.7 Å². The lowest BCUT2D eigenvalue weighted by molar-refractivity contribution is 0.475. The van der Waals surface area contributed by atoms with Crippen LogP contribution in [0.15, 0.2) is 83.1 Å². The molecule has 0 saturated heterocycles. The van der Waals surface area contributed by atoms with Crippen molar-refractivity contribution in [3.63, 3.8) is 0 Å². The molecule has 1 aliphatic rings. The van der Waals surface area contributed by atoms with Crippen molar-refractivity contribution in [1.82, 2.24) is 0 Å². The molecule has 3 nitrogen and oxygen atoms in total. The lowest BCUT2D eigenvalue weighted by Crippen LogP contribution is -1.86. The smallest absolute Gasteiger partial charge is 0.115 e. The van der Waals surface area contributed by atoms with Gasteiger partial charge in [-0.2, -0.15) is 10.2 Å². The third-order valence-corrected chi connectivity index (χ3v) is 3.16. The first-order valence-electron chi connectivity index (χ1n) is 6.47. The molecule has 1 N–H and O–H groups in total. The summed E-state index contributed by atoms with van der Waals surface area (Å²) in [6.07, 6.45) is 8.44. The molecule has 0 bridgehead atoms. The van der Waals surface area contributed by atoms with E-state index in [9.17, 15) is 5.11 Å². The van der Waals surface area contributed by atoms with Gasteiger partial charge in [-0.1, -0.05) is 36.4 Å². The van der Waals surface area contributed by atoms with E-state index in [0.29, 0.717) is 11.6 Å². The van der Waals surface area contributed by atoms with E-state index in [1.807, 2.05) is 12.1 Å². The Hall–Kier alpha value is -2.68. The van der Waals surface area contributed by atoms with E-state index in [-0.39, 0.29) is 5.75 Å². The minimum absolute atomic E-state index is 0.228. The lowest BCUT2D eigenvalue weighted by atomic mass is 10.0. The first-order chi connectivity index (χ1) is 9.81. The van der Waals surface area contributed by atoms with Gasteiger partial charge in [-0.15, -0.1) is 0 Å². The van der Waals surface area contributed by atoms with Gasteiger partial charge in [0.15, 0.2) is 0 Å². The van der Waals surface area contributed by atoms with Crippen LogP contribution >= 0.6 is 0 Å². The minimum Gasteiger partial charge on any atom is -0.508 e. The fourth-order valence-electron chi connectivity index (χ4n) is 2.05. The molecule has 2 aromatic rings. The zero-order valence-electron chi connectivity index (χ0n) is 10.8. The summed E-state index contributed by atoms with van der Waals surface area (Å²) >= 11 is 0. The van der Waals surface area contributed by atoms with E-state index >= 15 is 0 Å². The van der Waals surface area contributed by atoms with E-state index < -0.39 is 0 Å². The standard InChI is InChI=1S/C17H14N2O/c20-17-11-9-16(10-12-17)19-18-15-7-5-14(6-8-15)13-3-1-2-4-13/h1-13,20H. The molecular weight excluding hydrogens is 248 g/mol. The molecule has 0 radical (unpaired) electrons. The highest BCUT2D eigenvalue weighted by molar-refractivity contribution is 5.45. The number of phenols is 1. The van der Waals surface area contributed by atoms with Gasteiger partial charge < -0.3 is 5.11 Å². The molecular formula is C17H14N2O. The molecule has 98 valence electrons. The SMILES string of the molecule is Oc1ccc(N=Nc2ccc(C3C=CC=C3)cc2)cc1. The molecule has 2 aromatic carbocycles. The summed E-state index contributed by atoms with van der Waals surface area (Å²) in [6, 6.07) is 14.7. The number of hydrogen-bond donors (Lipinski definition) is 1. The van der Waals surface area contributed by atoms with E-state index in [0.717, 1.165) is 5.69 Å². The summed E-state index contributed by atoms with van der Waals surface area (Å²) in [5.41, 5.74) is 2.78. The predicted octanol–water partition coefficient (Wildman–Crippen LogP) is 5.02. The van der Waals surface area contributed by atoms with Crippen LogP contribution in [0.5, 0.6) is 5.75 Å². The molecule has 3 heteroatoms. The zero-order valence-corrected chi connectivity index (χ0v) is 10.8. The fraction of sp³-hybridized carbons (Fsp3) is 0.0588. The van der Waals surface area contributed by atoms with Gasteiger partial charge in [-0.25, -0.2) is 0 Å². The van der Waals surface area contributed by atoms with Gasteiger partial charge in [0.25, 0.3) is 0 Å². The van der Waals surface area contributed by atoms with Crippen LogP contribution in [0.4, 0.5) is 11.4 Å². The number of allylic oxidation sites excluding steroid dienone is 4. The van der Waals surface area contributed by atoms with Crippen LogP contribution in [0.25, 0.3) is 0 Å². The predicted molar refractivity (Wildman–Crippen MR) is 79.7 cm³/mol. The normalized spacial score (nSPS) is 14.4. The Morgan fingerprint density at radius 1 is 0.700 bits per heavy atom. The van der Waals surface area contributed by atoms with Gasteiger partial charge in [0, 0.05) is 5.92 Å². The maximum atomic E-state index is 9.19. The summed E-state index contributed by atoms with van der Waals surface area (Å²) in [4.78, 5) is 0. The first-order valence-corrected chi connectivity index (χ1v) is 6.47.